The van der Waals surface area contributed by atoms with Gasteiger partial charge >= 0.3 is 6.03 Å². The molecule has 0 aliphatic heterocycles. The molecule has 0 radical (unpaired) electrons. The van der Waals surface area contributed by atoms with Gasteiger partial charge in [0.05, 0.1) is 5.69 Å². The summed E-state index contributed by atoms with van der Waals surface area (Å²) < 4.78 is 16.6. The van der Waals surface area contributed by atoms with E-state index in [1.54, 1.807) is 12.3 Å². The number of halogens is 2. The van der Waals surface area contributed by atoms with Crippen molar-refractivity contribution in [3.8, 4) is 0 Å². The molecule has 0 fully saturated rings. The van der Waals surface area contributed by atoms with Crippen LogP contribution >= 0.6 is 15.9 Å². The van der Waals surface area contributed by atoms with Crippen molar-refractivity contribution in [1.82, 2.24) is 14.9 Å². The zero-order valence-electron chi connectivity index (χ0n) is 15.3. The number of hydrogen-bond acceptors (Lipinski definition) is 2. The van der Waals surface area contributed by atoms with Crippen LogP contribution in [0.25, 0.3) is 11.0 Å². The molecular formula is C20H22BrFN4O. The molecule has 0 saturated carbocycles. The van der Waals surface area contributed by atoms with Crippen LogP contribution in [0.5, 0.6) is 0 Å². The third-order valence-corrected chi connectivity index (χ3v) is 4.63. The number of fused-ring (bicyclic) bond motifs is 1. The van der Waals surface area contributed by atoms with Crippen LogP contribution in [-0.2, 0) is 13.0 Å². The standard InChI is InChI=1S/C20H22BrFN4O/c1-13(2)11-26-12-14(16-4-3-8-23-19(16)26)7-9-24-20(27)25-18-6-5-15(21)10-17(18)22/h3-6,8,10,12-13H,7,9,11H2,1-2H3,(H2,24,25,27). The summed E-state index contributed by atoms with van der Waals surface area (Å²) in [7, 11) is 0. The minimum Gasteiger partial charge on any atom is -0.338 e. The van der Waals surface area contributed by atoms with Crippen molar-refractivity contribution >= 4 is 38.7 Å². The summed E-state index contributed by atoms with van der Waals surface area (Å²) in [4.78, 5) is 16.5. The Morgan fingerprint density at radius 1 is 1.33 bits per heavy atom. The van der Waals surface area contributed by atoms with Gasteiger partial charge < -0.3 is 15.2 Å². The lowest BCUT2D eigenvalue weighted by Crippen LogP contribution is -2.30. The molecule has 0 saturated heterocycles. The highest BCUT2D eigenvalue weighted by Crippen LogP contribution is 2.21. The van der Waals surface area contributed by atoms with Crippen molar-refractivity contribution in [3.63, 3.8) is 0 Å². The Balaban J connectivity index is 1.62. The van der Waals surface area contributed by atoms with E-state index in [-0.39, 0.29) is 5.69 Å². The monoisotopic (exact) mass is 432 g/mol. The van der Waals surface area contributed by atoms with Crippen LogP contribution in [0.2, 0.25) is 0 Å². The molecule has 3 aromatic rings. The molecule has 2 amide bonds. The molecule has 3 rings (SSSR count). The lowest BCUT2D eigenvalue weighted by molar-refractivity contribution is 0.252. The lowest BCUT2D eigenvalue weighted by Gasteiger charge is -2.08. The highest BCUT2D eigenvalue weighted by atomic mass is 79.9. The van der Waals surface area contributed by atoms with Crippen LogP contribution in [0.15, 0.2) is 47.2 Å². The topological polar surface area (TPSA) is 59.0 Å². The molecule has 2 N–H and O–H groups in total. The second kappa shape index (κ2) is 8.52. The fraction of sp³-hybridized carbons (Fsp3) is 0.300. The molecule has 142 valence electrons. The van der Waals surface area contributed by atoms with Crippen molar-refractivity contribution in [2.75, 3.05) is 11.9 Å². The van der Waals surface area contributed by atoms with Crippen LogP contribution in [0.4, 0.5) is 14.9 Å². The van der Waals surface area contributed by atoms with Gasteiger partial charge in [0.1, 0.15) is 11.5 Å². The van der Waals surface area contributed by atoms with Crippen LogP contribution in [0, 0.1) is 11.7 Å². The summed E-state index contributed by atoms with van der Waals surface area (Å²) in [5.74, 6) is 0.0301. The Kier molecular flexibility index (Phi) is 6.11. The van der Waals surface area contributed by atoms with E-state index in [0.29, 0.717) is 23.4 Å². The number of carbonyl (C=O) groups is 1. The Hall–Kier alpha value is -2.41. The summed E-state index contributed by atoms with van der Waals surface area (Å²) in [6.07, 6.45) is 4.57. The number of nitrogens with zero attached hydrogens (tertiary/aromatic N) is 2. The van der Waals surface area contributed by atoms with Crippen molar-refractivity contribution in [2.24, 2.45) is 5.92 Å². The summed E-state index contributed by atoms with van der Waals surface area (Å²) in [6.45, 7) is 5.67. The number of nitrogens with one attached hydrogen (secondary N) is 2. The highest BCUT2D eigenvalue weighted by Gasteiger charge is 2.11. The first kappa shape index (κ1) is 19.4. The maximum atomic E-state index is 13.8. The van der Waals surface area contributed by atoms with E-state index in [0.717, 1.165) is 23.1 Å². The highest BCUT2D eigenvalue weighted by molar-refractivity contribution is 9.10. The van der Waals surface area contributed by atoms with Gasteiger partial charge in [0.2, 0.25) is 0 Å². The quantitative estimate of drug-likeness (QED) is 0.578. The van der Waals surface area contributed by atoms with Crippen molar-refractivity contribution < 1.29 is 9.18 Å². The number of urea groups is 1. The first-order chi connectivity index (χ1) is 12.9. The van der Waals surface area contributed by atoms with E-state index >= 15 is 0 Å². The van der Waals surface area contributed by atoms with Crippen molar-refractivity contribution in [2.45, 2.75) is 26.8 Å². The Labute approximate surface area is 166 Å². The molecule has 2 aromatic heterocycles. The average molecular weight is 433 g/mol. The van der Waals surface area contributed by atoms with Crippen molar-refractivity contribution in [3.05, 3.63) is 58.6 Å². The summed E-state index contributed by atoms with van der Waals surface area (Å²) in [5.41, 5.74) is 2.24. The van der Waals surface area contributed by atoms with Gasteiger partial charge in [-0.1, -0.05) is 29.8 Å². The van der Waals surface area contributed by atoms with Gasteiger partial charge in [0.25, 0.3) is 0 Å². The van der Waals surface area contributed by atoms with Crippen LogP contribution in [-0.4, -0.2) is 22.1 Å². The summed E-state index contributed by atoms with van der Waals surface area (Å²) >= 11 is 3.19. The molecule has 2 heterocycles. The number of anilines is 1. The second-order valence-electron chi connectivity index (χ2n) is 6.83. The molecule has 0 spiro atoms. The molecular weight excluding hydrogens is 411 g/mol. The maximum Gasteiger partial charge on any atom is 0.319 e. The summed E-state index contributed by atoms with van der Waals surface area (Å²) in [5, 5.41) is 6.40. The number of pyridine rings is 1. The van der Waals surface area contributed by atoms with Gasteiger partial charge in [-0.25, -0.2) is 14.2 Å². The molecule has 5 nitrogen and oxygen atoms in total. The minimum atomic E-state index is -0.484. The fourth-order valence-corrected chi connectivity index (χ4v) is 3.33. The molecule has 7 heteroatoms. The van der Waals surface area contributed by atoms with Crippen LogP contribution in [0.3, 0.4) is 0 Å². The molecule has 1 aromatic carbocycles. The smallest absolute Gasteiger partial charge is 0.319 e. The first-order valence-corrected chi connectivity index (χ1v) is 9.66. The molecule has 0 aliphatic rings. The number of hydrogen-bond donors (Lipinski definition) is 2. The van der Waals surface area contributed by atoms with Crippen molar-refractivity contribution in [1.29, 1.82) is 0 Å². The van der Waals surface area contributed by atoms with E-state index in [9.17, 15) is 9.18 Å². The van der Waals surface area contributed by atoms with Gasteiger partial charge in [-0.15, -0.1) is 0 Å². The molecule has 0 bridgehead atoms. The van der Waals surface area contributed by atoms with Gasteiger partial charge in [0, 0.05) is 35.3 Å². The van der Waals surface area contributed by atoms with E-state index in [2.05, 4.69) is 56.2 Å². The molecule has 27 heavy (non-hydrogen) atoms. The van der Waals surface area contributed by atoms with Gasteiger partial charge in [-0.05, 0) is 48.2 Å². The molecule has 0 aliphatic carbocycles. The lowest BCUT2D eigenvalue weighted by atomic mass is 10.1. The second-order valence-corrected chi connectivity index (χ2v) is 7.75. The van der Waals surface area contributed by atoms with E-state index in [1.807, 2.05) is 12.1 Å². The SMILES string of the molecule is CC(C)Cn1cc(CCNC(=O)Nc2ccc(Br)cc2F)c2cccnc21. The number of aromatic nitrogens is 2. The zero-order valence-corrected chi connectivity index (χ0v) is 16.9. The molecule has 0 atom stereocenters. The zero-order chi connectivity index (χ0) is 19.4. The first-order valence-electron chi connectivity index (χ1n) is 8.86. The Morgan fingerprint density at radius 2 is 2.15 bits per heavy atom. The van der Waals surface area contributed by atoms with E-state index < -0.39 is 11.8 Å². The molecule has 0 unspecified atom stereocenters. The normalized spacial score (nSPS) is 11.1. The van der Waals surface area contributed by atoms with Gasteiger partial charge in [-0.3, -0.25) is 0 Å². The fourth-order valence-electron chi connectivity index (χ4n) is 3.00. The van der Waals surface area contributed by atoms with Crippen LogP contribution in [0.1, 0.15) is 19.4 Å². The Morgan fingerprint density at radius 3 is 2.89 bits per heavy atom. The van der Waals surface area contributed by atoms with E-state index in [4.69, 9.17) is 0 Å². The van der Waals surface area contributed by atoms with Crippen LogP contribution < -0.4 is 10.6 Å². The number of carbonyl (C=O) groups excluding carboxylic acids is 1. The predicted molar refractivity (Wildman–Crippen MR) is 109 cm³/mol. The van der Waals surface area contributed by atoms with Gasteiger partial charge in [-0.2, -0.15) is 0 Å². The summed E-state index contributed by atoms with van der Waals surface area (Å²) in [6, 6.07) is 8.04. The number of rotatable bonds is 6. The third-order valence-electron chi connectivity index (χ3n) is 4.14. The average Bonchev–Trinajstić information content (AvgIpc) is 2.95. The largest absolute Gasteiger partial charge is 0.338 e. The van der Waals surface area contributed by atoms with E-state index in [1.165, 1.54) is 12.1 Å². The Bertz CT molecular complexity index is 954. The minimum absolute atomic E-state index is 0.147. The maximum absolute atomic E-state index is 13.8. The predicted octanol–water partition coefficient (Wildman–Crippen LogP) is 4.96. The van der Waals surface area contributed by atoms with Gasteiger partial charge in [0.15, 0.2) is 0 Å². The number of amides is 2. The third kappa shape index (κ3) is 4.86. The number of benzene rings is 1.